The molecular weight excluding hydrogens is 245 g/mol. The average molecular weight is 260 g/mol. The lowest BCUT2D eigenvalue weighted by Gasteiger charge is -2.15. The Morgan fingerprint density at radius 3 is 2.44 bits per heavy atom. The van der Waals surface area contributed by atoms with Gasteiger partial charge in [0, 0.05) is 5.69 Å². The molecule has 6 heteroatoms. The Balaban J connectivity index is 2.99. The highest BCUT2D eigenvalue weighted by Gasteiger charge is 2.31. The van der Waals surface area contributed by atoms with E-state index in [4.69, 9.17) is 0 Å². The number of rotatable bonds is 3. The van der Waals surface area contributed by atoms with Crippen molar-refractivity contribution in [2.24, 2.45) is 0 Å². The van der Waals surface area contributed by atoms with Crippen molar-refractivity contribution < 1.29 is 18.0 Å². The molecule has 1 atom stereocenters. The Hall–Kier alpha value is -1.56. The van der Waals surface area contributed by atoms with E-state index >= 15 is 0 Å². The standard InChI is InChI=1S/C12H15F3N2O/c1-7-4-5-9(12(13,14)15)6-10(7)17-11(18)8(2)16-3/h4-6,8,16H,1-3H3,(H,17,18). The maximum absolute atomic E-state index is 12.5. The second-order valence-electron chi connectivity index (χ2n) is 4.03. The van der Waals surface area contributed by atoms with Gasteiger partial charge >= 0.3 is 6.18 Å². The molecule has 0 heterocycles. The fraction of sp³-hybridized carbons (Fsp3) is 0.417. The molecule has 0 saturated heterocycles. The first-order chi connectivity index (χ1) is 8.25. The van der Waals surface area contributed by atoms with Crippen molar-refractivity contribution in [3.05, 3.63) is 29.3 Å². The normalized spacial score (nSPS) is 13.2. The molecule has 100 valence electrons. The Morgan fingerprint density at radius 2 is 1.94 bits per heavy atom. The third-order valence-electron chi connectivity index (χ3n) is 2.65. The average Bonchev–Trinajstić information content (AvgIpc) is 2.29. The molecule has 0 aliphatic heterocycles. The third-order valence-corrected chi connectivity index (χ3v) is 2.65. The first kappa shape index (κ1) is 14.5. The fourth-order valence-electron chi connectivity index (χ4n) is 1.31. The van der Waals surface area contributed by atoms with Gasteiger partial charge in [-0.25, -0.2) is 0 Å². The predicted molar refractivity (Wildman–Crippen MR) is 63.3 cm³/mol. The summed E-state index contributed by atoms with van der Waals surface area (Å²) in [5, 5.41) is 5.19. The van der Waals surface area contributed by atoms with Gasteiger partial charge in [0.25, 0.3) is 0 Å². The van der Waals surface area contributed by atoms with E-state index in [9.17, 15) is 18.0 Å². The third kappa shape index (κ3) is 3.46. The number of benzene rings is 1. The molecule has 1 rings (SSSR count). The second kappa shape index (κ2) is 5.39. The van der Waals surface area contributed by atoms with Crippen LogP contribution in [0.3, 0.4) is 0 Å². The lowest BCUT2D eigenvalue weighted by atomic mass is 10.1. The van der Waals surface area contributed by atoms with Crippen LogP contribution in [0.1, 0.15) is 18.1 Å². The van der Waals surface area contributed by atoms with Crippen LogP contribution in [-0.2, 0) is 11.0 Å². The maximum Gasteiger partial charge on any atom is 0.416 e. The van der Waals surface area contributed by atoms with Crippen molar-refractivity contribution >= 4 is 11.6 Å². The number of nitrogens with one attached hydrogen (secondary N) is 2. The highest BCUT2D eigenvalue weighted by molar-refractivity contribution is 5.95. The molecule has 2 N–H and O–H groups in total. The summed E-state index contributed by atoms with van der Waals surface area (Å²) in [4.78, 5) is 11.6. The zero-order valence-corrected chi connectivity index (χ0v) is 10.4. The van der Waals surface area contributed by atoms with Gasteiger partial charge in [-0.1, -0.05) is 6.07 Å². The van der Waals surface area contributed by atoms with E-state index in [1.165, 1.54) is 6.07 Å². The molecule has 1 unspecified atom stereocenters. The lowest BCUT2D eigenvalue weighted by molar-refractivity contribution is -0.137. The van der Waals surface area contributed by atoms with Crippen LogP contribution in [0.15, 0.2) is 18.2 Å². The summed E-state index contributed by atoms with van der Waals surface area (Å²) < 4.78 is 37.6. The Bertz CT molecular complexity index is 443. The van der Waals surface area contributed by atoms with Crippen LogP contribution in [0.5, 0.6) is 0 Å². The molecule has 0 aliphatic carbocycles. The van der Waals surface area contributed by atoms with E-state index in [1.807, 2.05) is 0 Å². The van der Waals surface area contributed by atoms with E-state index in [-0.39, 0.29) is 11.6 Å². The summed E-state index contributed by atoms with van der Waals surface area (Å²) >= 11 is 0. The molecule has 0 fully saturated rings. The molecule has 0 saturated carbocycles. The first-order valence-corrected chi connectivity index (χ1v) is 5.41. The molecule has 1 amide bonds. The Labute approximate surface area is 103 Å². The zero-order chi connectivity index (χ0) is 13.9. The van der Waals surface area contributed by atoms with E-state index in [2.05, 4.69) is 10.6 Å². The number of anilines is 1. The number of carbonyl (C=O) groups excluding carboxylic acids is 1. The fourth-order valence-corrected chi connectivity index (χ4v) is 1.31. The first-order valence-electron chi connectivity index (χ1n) is 5.41. The molecule has 0 bridgehead atoms. The van der Waals surface area contributed by atoms with Crippen molar-refractivity contribution in [2.45, 2.75) is 26.1 Å². The van der Waals surface area contributed by atoms with Gasteiger partial charge in [-0.05, 0) is 38.6 Å². The van der Waals surface area contributed by atoms with Gasteiger partial charge in [0.2, 0.25) is 5.91 Å². The quantitative estimate of drug-likeness (QED) is 0.877. The number of amides is 1. The van der Waals surface area contributed by atoms with Crippen LogP contribution >= 0.6 is 0 Å². The van der Waals surface area contributed by atoms with Crippen LogP contribution in [0.25, 0.3) is 0 Å². The number of carbonyl (C=O) groups is 1. The van der Waals surface area contributed by atoms with Crippen molar-refractivity contribution in [1.29, 1.82) is 0 Å². The molecule has 1 aromatic carbocycles. The van der Waals surface area contributed by atoms with Crippen molar-refractivity contribution in [1.82, 2.24) is 5.32 Å². The molecular formula is C12H15F3N2O. The molecule has 18 heavy (non-hydrogen) atoms. The van der Waals surface area contributed by atoms with Gasteiger partial charge in [-0.2, -0.15) is 13.2 Å². The molecule has 0 spiro atoms. The van der Waals surface area contributed by atoms with Crippen molar-refractivity contribution in [2.75, 3.05) is 12.4 Å². The Kier molecular flexibility index (Phi) is 4.34. The summed E-state index contributed by atoms with van der Waals surface area (Å²) in [6.45, 7) is 3.26. The Morgan fingerprint density at radius 1 is 1.33 bits per heavy atom. The number of hydrogen-bond acceptors (Lipinski definition) is 2. The van der Waals surface area contributed by atoms with Gasteiger partial charge < -0.3 is 10.6 Å². The minimum Gasteiger partial charge on any atom is -0.324 e. The summed E-state index contributed by atoms with van der Waals surface area (Å²) in [6, 6.07) is 2.80. The van der Waals surface area contributed by atoms with Crippen molar-refractivity contribution in [3.8, 4) is 0 Å². The number of likely N-dealkylation sites (N-methyl/N-ethyl adjacent to an activating group) is 1. The molecule has 0 radical (unpaired) electrons. The minimum absolute atomic E-state index is 0.178. The van der Waals surface area contributed by atoms with Crippen LogP contribution in [0, 0.1) is 6.92 Å². The second-order valence-corrected chi connectivity index (χ2v) is 4.03. The van der Waals surface area contributed by atoms with Crippen LogP contribution in [0.4, 0.5) is 18.9 Å². The van der Waals surface area contributed by atoms with E-state index in [1.54, 1.807) is 20.9 Å². The summed E-state index contributed by atoms with van der Waals surface area (Å²) in [7, 11) is 1.60. The van der Waals surface area contributed by atoms with Gasteiger partial charge in [-0.15, -0.1) is 0 Å². The highest BCUT2D eigenvalue weighted by atomic mass is 19.4. The number of halogens is 3. The van der Waals surface area contributed by atoms with E-state index in [0.717, 1.165) is 12.1 Å². The molecule has 3 nitrogen and oxygen atoms in total. The molecule has 0 aromatic heterocycles. The van der Waals surface area contributed by atoms with Gasteiger partial charge in [0.1, 0.15) is 0 Å². The van der Waals surface area contributed by atoms with E-state index < -0.39 is 17.8 Å². The van der Waals surface area contributed by atoms with Gasteiger partial charge in [0.15, 0.2) is 0 Å². The molecule has 0 aliphatic rings. The topological polar surface area (TPSA) is 41.1 Å². The van der Waals surface area contributed by atoms with Crippen LogP contribution in [0.2, 0.25) is 0 Å². The van der Waals surface area contributed by atoms with E-state index in [0.29, 0.717) is 5.56 Å². The largest absolute Gasteiger partial charge is 0.416 e. The number of hydrogen-bond donors (Lipinski definition) is 2. The number of alkyl halides is 3. The predicted octanol–water partition coefficient (Wildman–Crippen LogP) is 2.56. The highest BCUT2D eigenvalue weighted by Crippen LogP contribution is 2.32. The van der Waals surface area contributed by atoms with Gasteiger partial charge in [0.05, 0.1) is 11.6 Å². The summed E-state index contributed by atoms with van der Waals surface area (Å²) in [6.07, 6.45) is -4.41. The summed E-state index contributed by atoms with van der Waals surface area (Å²) in [5.74, 6) is -0.375. The smallest absolute Gasteiger partial charge is 0.324 e. The number of aryl methyl sites for hydroxylation is 1. The minimum atomic E-state index is -4.41. The lowest BCUT2D eigenvalue weighted by Crippen LogP contribution is -2.35. The summed E-state index contributed by atoms with van der Waals surface area (Å²) in [5.41, 5.74) is -0.0166. The van der Waals surface area contributed by atoms with Crippen molar-refractivity contribution in [3.63, 3.8) is 0 Å². The van der Waals surface area contributed by atoms with Crippen LogP contribution < -0.4 is 10.6 Å². The monoisotopic (exact) mass is 260 g/mol. The van der Waals surface area contributed by atoms with Gasteiger partial charge in [-0.3, -0.25) is 4.79 Å². The van der Waals surface area contributed by atoms with Crippen LogP contribution in [-0.4, -0.2) is 19.0 Å². The molecule has 1 aromatic rings. The maximum atomic E-state index is 12.5. The zero-order valence-electron chi connectivity index (χ0n) is 10.4. The SMILES string of the molecule is CNC(C)C(=O)Nc1cc(C(F)(F)F)ccc1C.